The minimum atomic E-state index is 0.371. The summed E-state index contributed by atoms with van der Waals surface area (Å²) in [5.74, 6) is 2.01. The summed E-state index contributed by atoms with van der Waals surface area (Å²) in [4.78, 5) is 5.30. The van der Waals surface area contributed by atoms with E-state index in [1.54, 1.807) is 29.7 Å². The normalized spacial score (nSPS) is 11.0. The number of nitrogen functional groups attached to an aromatic ring is 1. The van der Waals surface area contributed by atoms with Gasteiger partial charge in [-0.2, -0.15) is 10.1 Å². The summed E-state index contributed by atoms with van der Waals surface area (Å²) in [7, 11) is 1.75. The molecular formula is C13H12ClN5OS. The highest BCUT2D eigenvalue weighted by atomic mass is 35.5. The highest BCUT2D eigenvalue weighted by molar-refractivity contribution is 7.98. The number of rotatable bonds is 4. The van der Waals surface area contributed by atoms with Gasteiger partial charge in [0, 0.05) is 11.9 Å². The SMILES string of the molecule is Cn1ncc(-c2nc(CSc3ccccc3Cl)no2)c1N. The first-order chi connectivity index (χ1) is 10.1. The molecule has 0 bridgehead atoms. The fourth-order valence-corrected chi connectivity index (χ4v) is 2.82. The Balaban J connectivity index is 1.74. The van der Waals surface area contributed by atoms with Gasteiger partial charge in [0.05, 0.1) is 17.0 Å². The maximum absolute atomic E-state index is 6.10. The van der Waals surface area contributed by atoms with E-state index in [1.807, 2.05) is 24.3 Å². The Labute approximate surface area is 130 Å². The maximum atomic E-state index is 6.10. The number of hydrogen-bond donors (Lipinski definition) is 1. The second-order valence-corrected chi connectivity index (χ2v) is 5.73. The van der Waals surface area contributed by atoms with E-state index in [2.05, 4.69) is 15.2 Å². The van der Waals surface area contributed by atoms with Crippen molar-refractivity contribution in [1.82, 2.24) is 19.9 Å². The van der Waals surface area contributed by atoms with Crippen LogP contribution in [0.2, 0.25) is 5.02 Å². The maximum Gasteiger partial charge on any atom is 0.263 e. The third kappa shape index (κ3) is 2.88. The lowest BCUT2D eigenvalue weighted by molar-refractivity contribution is 0.425. The molecule has 0 amide bonds. The van der Waals surface area contributed by atoms with E-state index >= 15 is 0 Å². The van der Waals surface area contributed by atoms with Crippen LogP contribution in [-0.4, -0.2) is 19.9 Å². The molecule has 0 aliphatic heterocycles. The van der Waals surface area contributed by atoms with Gasteiger partial charge in [0.1, 0.15) is 11.4 Å². The van der Waals surface area contributed by atoms with Gasteiger partial charge in [-0.25, -0.2) is 0 Å². The molecular weight excluding hydrogens is 310 g/mol. The standard InChI is InChI=1S/C13H12ClN5OS/c1-19-12(15)8(6-16-19)13-17-11(18-20-13)7-21-10-5-3-2-4-9(10)14/h2-6H,7,15H2,1H3. The molecule has 0 aliphatic rings. The number of aromatic nitrogens is 4. The van der Waals surface area contributed by atoms with Crippen LogP contribution in [0.25, 0.3) is 11.5 Å². The Morgan fingerprint density at radius 3 is 2.90 bits per heavy atom. The van der Waals surface area contributed by atoms with Gasteiger partial charge in [-0.1, -0.05) is 28.9 Å². The predicted molar refractivity (Wildman–Crippen MR) is 81.9 cm³/mol. The number of aryl methyl sites for hydroxylation is 1. The third-order valence-electron chi connectivity index (χ3n) is 2.88. The van der Waals surface area contributed by atoms with Crippen molar-refractivity contribution in [3.8, 4) is 11.5 Å². The van der Waals surface area contributed by atoms with E-state index < -0.39 is 0 Å². The molecule has 3 aromatic rings. The Morgan fingerprint density at radius 2 is 2.19 bits per heavy atom. The number of halogens is 1. The van der Waals surface area contributed by atoms with E-state index in [-0.39, 0.29) is 0 Å². The zero-order chi connectivity index (χ0) is 14.8. The van der Waals surface area contributed by atoms with Crippen LogP contribution < -0.4 is 5.73 Å². The molecule has 0 saturated carbocycles. The lowest BCUT2D eigenvalue weighted by atomic mass is 10.3. The quantitative estimate of drug-likeness (QED) is 0.744. The van der Waals surface area contributed by atoms with Crippen LogP contribution in [0.5, 0.6) is 0 Å². The first-order valence-corrected chi connectivity index (χ1v) is 7.49. The molecule has 1 aromatic carbocycles. The van der Waals surface area contributed by atoms with Gasteiger partial charge in [0.25, 0.3) is 5.89 Å². The molecule has 2 heterocycles. The number of nitrogens with zero attached hydrogens (tertiary/aromatic N) is 4. The predicted octanol–water partition coefficient (Wildman–Crippen LogP) is 3.00. The molecule has 21 heavy (non-hydrogen) atoms. The molecule has 6 nitrogen and oxygen atoms in total. The van der Waals surface area contributed by atoms with Crippen LogP contribution in [0.1, 0.15) is 5.82 Å². The zero-order valence-corrected chi connectivity index (χ0v) is 12.7. The van der Waals surface area contributed by atoms with Crippen molar-refractivity contribution in [3.05, 3.63) is 41.3 Å². The van der Waals surface area contributed by atoms with E-state index in [0.29, 0.717) is 33.9 Å². The molecule has 0 unspecified atom stereocenters. The first kappa shape index (κ1) is 14.0. The lowest BCUT2D eigenvalue weighted by Gasteiger charge is -2.00. The topological polar surface area (TPSA) is 82.8 Å². The van der Waals surface area contributed by atoms with Crippen molar-refractivity contribution in [1.29, 1.82) is 0 Å². The summed E-state index contributed by atoms with van der Waals surface area (Å²) >= 11 is 7.65. The van der Waals surface area contributed by atoms with E-state index in [9.17, 15) is 0 Å². The monoisotopic (exact) mass is 321 g/mol. The van der Waals surface area contributed by atoms with Crippen molar-refractivity contribution in [2.45, 2.75) is 10.6 Å². The van der Waals surface area contributed by atoms with Crippen molar-refractivity contribution >= 4 is 29.2 Å². The number of benzene rings is 1. The Bertz CT molecular complexity index is 770. The fraction of sp³-hybridized carbons (Fsp3) is 0.154. The summed E-state index contributed by atoms with van der Waals surface area (Å²) in [5, 5.41) is 8.70. The Kier molecular flexibility index (Phi) is 3.85. The number of hydrogen-bond acceptors (Lipinski definition) is 6. The Hall–Kier alpha value is -1.99. The van der Waals surface area contributed by atoms with Gasteiger partial charge in [-0.3, -0.25) is 4.68 Å². The summed E-state index contributed by atoms with van der Waals surface area (Å²) in [6.45, 7) is 0. The second kappa shape index (κ2) is 5.79. The number of nitrogens with two attached hydrogens (primary N) is 1. The van der Waals surface area contributed by atoms with Gasteiger partial charge >= 0.3 is 0 Å². The third-order valence-corrected chi connectivity index (χ3v) is 4.39. The molecule has 0 atom stereocenters. The molecule has 8 heteroatoms. The van der Waals surface area contributed by atoms with Crippen molar-refractivity contribution < 1.29 is 4.52 Å². The number of anilines is 1. The largest absolute Gasteiger partial charge is 0.383 e. The summed E-state index contributed by atoms with van der Waals surface area (Å²) < 4.78 is 6.78. The summed E-state index contributed by atoms with van der Waals surface area (Å²) in [5.41, 5.74) is 6.52. The highest BCUT2D eigenvalue weighted by Crippen LogP contribution is 2.29. The molecule has 0 aliphatic carbocycles. The van der Waals surface area contributed by atoms with Crippen molar-refractivity contribution in [2.24, 2.45) is 7.05 Å². The van der Waals surface area contributed by atoms with Crippen molar-refractivity contribution in [3.63, 3.8) is 0 Å². The average molecular weight is 322 g/mol. The fourth-order valence-electron chi connectivity index (χ4n) is 1.74. The number of thioether (sulfide) groups is 1. The van der Waals surface area contributed by atoms with Gasteiger partial charge in [0.2, 0.25) is 0 Å². The van der Waals surface area contributed by atoms with Gasteiger partial charge in [0.15, 0.2) is 5.82 Å². The molecule has 0 radical (unpaired) electrons. The minimum Gasteiger partial charge on any atom is -0.383 e. The summed E-state index contributed by atoms with van der Waals surface area (Å²) in [6, 6.07) is 7.63. The van der Waals surface area contributed by atoms with Crippen molar-refractivity contribution in [2.75, 3.05) is 5.73 Å². The van der Waals surface area contributed by atoms with E-state index in [0.717, 1.165) is 4.90 Å². The lowest BCUT2D eigenvalue weighted by Crippen LogP contribution is -1.98. The van der Waals surface area contributed by atoms with Crippen LogP contribution >= 0.6 is 23.4 Å². The molecule has 0 fully saturated rings. The van der Waals surface area contributed by atoms with Gasteiger partial charge in [-0.15, -0.1) is 11.8 Å². The zero-order valence-electron chi connectivity index (χ0n) is 11.2. The van der Waals surface area contributed by atoms with Gasteiger partial charge < -0.3 is 10.3 Å². The molecule has 3 rings (SSSR count). The average Bonchev–Trinajstić information content (AvgIpc) is 3.06. The van der Waals surface area contributed by atoms with Crippen LogP contribution in [0, 0.1) is 0 Å². The second-order valence-electron chi connectivity index (χ2n) is 4.30. The van der Waals surface area contributed by atoms with Crippen LogP contribution in [-0.2, 0) is 12.8 Å². The molecule has 0 saturated heterocycles. The minimum absolute atomic E-state index is 0.371. The highest BCUT2D eigenvalue weighted by Gasteiger charge is 2.15. The molecule has 2 aromatic heterocycles. The molecule has 0 spiro atoms. The molecule has 2 N–H and O–H groups in total. The van der Waals surface area contributed by atoms with E-state index in [1.165, 1.54) is 0 Å². The van der Waals surface area contributed by atoms with Crippen LogP contribution in [0.3, 0.4) is 0 Å². The van der Waals surface area contributed by atoms with Crippen LogP contribution in [0.15, 0.2) is 39.9 Å². The Morgan fingerprint density at radius 1 is 1.38 bits per heavy atom. The smallest absolute Gasteiger partial charge is 0.263 e. The molecule has 108 valence electrons. The summed E-state index contributed by atoms with van der Waals surface area (Å²) in [6.07, 6.45) is 1.60. The first-order valence-electron chi connectivity index (χ1n) is 6.13. The van der Waals surface area contributed by atoms with Crippen LogP contribution in [0.4, 0.5) is 5.82 Å². The van der Waals surface area contributed by atoms with Gasteiger partial charge in [-0.05, 0) is 12.1 Å². The van der Waals surface area contributed by atoms with E-state index in [4.69, 9.17) is 21.9 Å².